The van der Waals surface area contributed by atoms with E-state index in [2.05, 4.69) is 15.4 Å². The fourth-order valence-corrected chi connectivity index (χ4v) is 2.88. The highest BCUT2D eigenvalue weighted by atomic mass is 16.4. The summed E-state index contributed by atoms with van der Waals surface area (Å²) in [5.41, 5.74) is 5.48. The number of hydrogen-bond donors (Lipinski definition) is 2. The van der Waals surface area contributed by atoms with Crippen LogP contribution in [0.2, 0.25) is 0 Å². The highest BCUT2D eigenvalue weighted by molar-refractivity contribution is 5.91. The van der Waals surface area contributed by atoms with Gasteiger partial charge in [0.15, 0.2) is 0 Å². The van der Waals surface area contributed by atoms with Crippen LogP contribution in [-0.2, 0) is 24.8 Å². The first-order valence-electron chi connectivity index (χ1n) is 7.79. The summed E-state index contributed by atoms with van der Waals surface area (Å²) in [4.78, 5) is 15.4. The Morgan fingerprint density at radius 2 is 2.04 bits per heavy atom. The minimum atomic E-state index is -0.886. The maximum atomic E-state index is 11.0. The zero-order chi connectivity index (χ0) is 17.3. The lowest BCUT2D eigenvalue weighted by Gasteiger charge is -2.12. The van der Waals surface area contributed by atoms with Crippen molar-refractivity contribution in [3.05, 3.63) is 53.0 Å². The Morgan fingerprint density at radius 1 is 1.29 bits per heavy atom. The quantitative estimate of drug-likeness (QED) is 0.754. The van der Waals surface area contributed by atoms with Crippen molar-refractivity contribution in [3.8, 4) is 0 Å². The number of fused-ring (bicyclic) bond motifs is 1. The maximum Gasteiger partial charge on any atom is 0.309 e. The van der Waals surface area contributed by atoms with Gasteiger partial charge in [-0.15, -0.1) is 0 Å². The van der Waals surface area contributed by atoms with Gasteiger partial charge >= 0.3 is 5.97 Å². The average molecular weight is 324 g/mol. The van der Waals surface area contributed by atoms with Crippen LogP contribution in [-0.4, -0.2) is 25.8 Å². The Hall–Kier alpha value is -2.89. The predicted molar refractivity (Wildman–Crippen MR) is 93.1 cm³/mol. The molecule has 0 fully saturated rings. The summed E-state index contributed by atoms with van der Waals surface area (Å²) in [5.74, 6) is -0.886. The molecule has 0 saturated heterocycles. The lowest BCUT2D eigenvalue weighted by molar-refractivity contribution is -0.136. The molecule has 3 rings (SSSR count). The van der Waals surface area contributed by atoms with Crippen molar-refractivity contribution in [2.75, 3.05) is 5.32 Å². The van der Waals surface area contributed by atoms with Crippen LogP contribution in [0.1, 0.15) is 22.6 Å². The van der Waals surface area contributed by atoms with Crippen molar-refractivity contribution in [1.82, 2.24) is 14.8 Å². The van der Waals surface area contributed by atoms with E-state index in [9.17, 15) is 4.79 Å². The molecular formula is C18H20N4O2. The molecule has 0 bridgehead atoms. The smallest absolute Gasteiger partial charge is 0.309 e. The summed E-state index contributed by atoms with van der Waals surface area (Å²) in [6.07, 6.45) is -0.0928. The van der Waals surface area contributed by atoms with Crippen molar-refractivity contribution in [1.29, 1.82) is 0 Å². The van der Waals surface area contributed by atoms with E-state index in [0.717, 1.165) is 33.5 Å². The third-order valence-corrected chi connectivity index (χ3v) is 4.22. The van der Waals surface area contributed by atoms with Crippen molar-refractivity contribution < 1.29 is 9.90 Å². The Bertz CT molecular complexity index is 915. The maximum absolute atomic E-state index is 11.0. The van der Waals surface area contributed by atoms with Crippen molar-refractivity contribution in [2.45, 2.75) is 26.8 Å². The third-order valence-electron chi connectivity index (χ3n) is 4.22. The molecule has 0 spiro atoms. The Labute approximate surface area is 140 Å². The molecule has 2 N–H and O–H groups in total. The molecule has 24 heavy (non-hydrogen) atoms. The van der Waals surface area contributed by atoms with E-state index in [1.807, 2.05) is 55.9 Å². The SMILES string of the molecule is Cc1nn(C)c(C)c1CNc1cc(CC(=O)O)nc2ccccc12. The van der Waals surface area contributed by atoms with Crippen LogP contribution in [0.4, 0.5) is 5.69 Å². The van der Waals surface area contributed by atoms with Gasteiger partial charge in [-0.05, 0) is 26.0 Å². The number of benzene rings is 1. The lowest BCUT2D eigenvalue weighted by atomic mass is 10.1. The molecule has 0 aliphatic heterocycles. The zero-order valence-corrected chi connectivity index (χ0v) is 14.0. The number of aliphatic carboxylic acids is 1. The number of carboxylic acids is 1. The van der Waals surface area contributed by atoms with Crippen LogP contribution in [0, 0.1) is 13.8 Å². The highest BCUT2D eigenvalue weighted by Crippen LogP contribution is 2.25. The number of hydrogen-bond acceptors (Lipinski definition) is 4. The van der Waals surface area contributed by atoms with Gasteiger partial charge in [-0.2, -0.15) is 5.10 Å². The minimum absolute atomic E-state index is 0.0928. The Kier molecular flexibility index (Phi) is 4.20. The summed E-state index contributed by atoms with van der Waals surface area (Å²) in [6, 6.07) is 9.55. The predicted octanol–water partition coefficient (Wildman–Crippen LogP) is 2.82. The molecule has 0 radical (unpaired) electrons. The largest absolute Gasteiger partial charge is 0.481 e. The lowest BCUT2D eigenvalue weighted by Crippen LogP contribution is -2.06. The van der Waals surface area contributed by atoms with Gasteiger partial charge in [0.25, 0.3) is 0 Å². The molecule has 124 valence electrons. The van der Waals surface area contributed by atoms with Crippen molar-refractivity contribution in [3.63, 3.8) is 0 Å². The number of aryl methyl sites for hydroxylation is 2. The van der Waals surface area contributed by atoms with Crippen molar-refractivity contribution >= 4 is 22.6 Å². The summed E-state index contributed by atoms with van der Waals surface area (Å²) in [6.45, 7) is 4.66. The van der Waals surface area contributed by atoms with Gasteiger partial charge in [0.2, 0.25) is 0 Å². The van der Waals surface area contributed by atoms with E-state index in [0.29, 0.717) is 12.2 Å². The van der Waals surface area contributed by atoms with Crippen molar-refractivity contribution in [2.24, 2.45) is 7.05 Å². The van der Waals surface area contributed by atoms with Crippen LogP contribution in [0.25, 0.3) is 10.9 Å². The summed E-state index contributed by atoms with van der Waals surface area (Å²) >= 11 is 0. The molecule has 3 aromatic rings. The molecule has 2 heterocycles. The van der Waals surface area contributed by atoms with E-state index >= 15 is 0 Å². The number of nitrogens with one attached hydrogen (secondary N) is 1. The Morgan fingerprint density at radius 3 is 2.71 bits per heavy atom. The summed E-state index contributed by atoms with van der Waals surface area (Å²) in [5, 5.41) is 17.9. The number of anilines is 1. The average Bonchev–Trinajstić information content (AvgIpc) is 2.77. The molecular weight excluding hydrogens is 304 g/mol. The molecule has 2 aromatic heterocycles. The zero-order valence-electron chi connectivity index (χ0n) is 14.0. The van der Waals surface area contributed by atoms with E-state index in [4.69, 9.17) is 5.11 Å². The van der Waals surface area contributed by atoms with Crippen LogP contribution >= 0.6 is 0 Å². The van der Waals surface area contributed by atoms with Crippen LogP contribution in [0.15, 0.2) is 30.3 Å². The van der Waals surface area contributed by atoms with Crippen LogP contribution in [0.3, 0.4) is 0 Å². The fourth-order valence-electron chi connectivity index (χ4n) is 2.88. The molecule has 6 heteroatoms. The van der Waals surface area contributed by atoms with Gasteiger partial charge in [-0.3, -0.25) is 14.5 Å². The first kappa shape index (κ1) is 16.0. The normalized spacial score (nSPS) is 11.0. The third kappa shape index (κ3) is 3.08. The second-order valence-corrected chi connectivity index (χ2v) is 5.88. The Balaban J connectivity index is 1.96. The molecule has 0 saturated carbocycles. The molecule has 0 unspecified atom stereocenters. The first-order chi connectivity index (χ1) is 11.5. The van der Waals surface area contributed by atoms with Gasteiger partial charge in [-0.1, -0.05) is 18.2 Å². The molecule has 0 atom stereocenters. The summed E-state index contributed by atoms with van der Waals surface area (Å²) < 4.78 is 1.87. The van der Waals surface area contributed by atoms with E-state index in [-0.39, 0.29) is 6.42 Å². The fraction of sp³-hybridized carbons (Fsp3) is 0.278. The van der Waals surface area contributed by atoms with Gasteiger partial charge in [0, 0.05) is 35.9 Å². The molecule has 0 aliphatic carbocycles. The standard InChI is InChI=1S/C18H20N4O2/c1-11-15(12(2)22(3)21-11)10-19-17-8-13(9-18(23)24)20-16-7-5-4-6-14(16)17/h4-8H,9-10H2,1-3H3,(H,19,20)(H,23,24). The van der Waals surface area contributed by atoms with E-state index in [1.54, 1.807) is 0 Å². The number of nitrogens with zero attached hydrogens (tertiary/aromatic N) is 3. The molecule has 0 amide bonds. The number of pyridine rings is 1. The van der Waals surface area contributed by atoms with Gasteiger partial charge in [0.1, 0.15) is 0 Å². The van der Waals surface area contributed by atoms with Gasteiger partial charge < -0.3 is 10.4 Å². The minimum Gasteiger partial charge on any atom is -0.481 e. The molecule has 1 aromatic carbocycles. The number of para-hydroxylation sites is 1. The summed E-state index contributed by atoms with van der Waals surface area (Å²) in [7, 11) is 1.93. The van der Waals surface area contributed by atoms with Gasteiger partial charge in [0.05, 0.1) is 23.3 Å². The monoisotopic (exact) mass is 324 g/mol. The number of carboxylic acid groups (broad SMARTS) is 1. The number of rotatable bonds is 5. The first-order valence-corrected chi connectivity index (χ1v) is 7.79. The van der Waals surface area contributed by atoms with Crippen LogP contribution < -0.4 is 5.32 Å². The molecule has 6 nitrogen and oxygen atoms in total. The highest BCUT2D eigenvalue weighted by Gasteiger charge is 2.12. The second kappa shape index (κ2) is 6.31. The van der Waals surface area contributed by atoms with Gasteiger partial charge in [-0.25, -0.2) is 0 Å². The van der Waals surface area contributed by atoms with E-state index < -0.39 is 5.97 Å². The number of aromatic nitrogens is 3. The number of carbonyl (C=O) groups is 1. The van der Waals surface area contributed by atoms with Crippen LogP contribution in [0.5, 0.6) is 0 Å². The van der Waals surface area contributed by atoms with E-state index in [1.165, 1.54) is 0 Å². The molecule has 0 aliphatic rings. The topological polar surface area (TPSA) is 80.0 Å². The second-order valence-electron chi connectivity index (χ2n) is 5.88.